The molecule has 29 heavy (non-hydrogen) atoms. The number of ether oxygens (including phenoxy) is 1. The topological polar surface area (TPSA) is 67.0 Å². The van der Waals surface area contributed by atoms with Crippen LogP contribution in [0, 0.1) is 12.8 Å². The van der Waals surface area contributed by atoms with E-state index >= 15 is 0 Å². The number of aromatic nitrogens is 2. The number of benzene rings is 1. The van der Waals surface area contributed by atoms with Gasteiger partial charge < -0.3 is 15.0 Å². The van der Waals surface area contributed by atoms with Crippen LogP contribution < -0.4 is 10.1 Å². The van der Waals surface area contributed by atoms with Gasteiger partial charge in [-0.15, -0.1) is 11.3 Å². The second-order valence-electron chi connectivity index (χ2n) is 7.34. The number of amides is 1. The molecule has 1 aliphatic carbocycles. The Labute approximate surface area is 169 Å². The number of halogens is 3. The Morgan fingerprint density at radius 1 is 1.41 bits per heavy atom. The number of nitrogens with zero attached hydrogens (tertiary/aromatic N) is 1. The lowest BCUT2D eigenvalue weighted by Crippen LogP contribution is -2.28. The Morgan fingerprint density at radius 3 is 2.90 bits per heavy atom. The zero-order valence-electron chi connectivity index (χ0n) is 15.8. The zero-order valence-corrected chi connectivity index (χ0v) is 16.7. The number of hydrogen-bond donors (Lipinski definition) is 2. The highest BCUT2D eigenvalue weighted by molar-refractivity contribution is 7.14. The molecule has 1 fully saturated rings. The molecule has 1 saturated carbocycles. The Hall–Kier alpha value is -2.55. The molecule has 2 N–H and O–H groups in total. The summed E-state index contributed by atoms with van der Waals surface area (Å²) in [7, 11) is 0. The van der Waals surface area contributed by atoms with Gasteiger partial charge in [0.2, 0.25) is 5.91 Å². The Bertz CT molecular complexity index is 1010. The van der Waals surface area contributed by atoms with Gasteiger partial charge in [-0.05, 0) is 38.5 Å². The molecule has 1 unspecified atom stereocenters. The van der Waals surface area contributed by atoms with E-state index in [1.54, 1.807) is 13.0 Å². The third-order valence-electron chi connectivity index (χ3n) is 4.93. The van der Waals surface area contributed by atoms with Crippen molar-refractivity contribution in [2.75, 3.05) is 6.61 Å². The van der Waals surface area contributed by atoms with Crippen molar-refractivity contribution in [2.45, 2.75) is 38.4 Å². The van der Waals surface area contributed by atoms with Gasteiger partial charge in [-0.3, -0.25) is 4.79 Å². The van der Waals surface area contributed by atoms with Crippen molar-refractivity contribution in [3.8, 4) is 5.06 Å². The maximum atomic E-state index is 12.6. The Kier molecular flexibility index (Phi) is 5.02. The molecule has 1 aromatic carbocycles. The second-order valence-corrected chi connectivity index (χ2v) is 8.39. The molecule has 0 radical (unpaired) electrons. The fraction of sp³-hybridized carbons (Fsp3) is 0.400. The predicted octanol–water partition coefficient (Wildman–Crippen LogP) is 4.85. The van der Waals surface area contributed by atoms with Crippen LogP contribution in [0.3, 0.4) is 0 Å². The summed E-state index contributed by atoms with van der Waals surface area (Å²) in [4.78, 5) is 21.2. The van der Waals surface area contributed by atoms with Crippen molar-refractivity contribution in [3.05, 3.63) is 46.6 Å². The first-order valence-corrected chi connectivity index (χ1v) is 10.1. The molecular weight excluding hydrogens is 403 g/mol. The van der Waals surface area contributed by atoms with Gasteiger partial charge in [0.1, 0.15) is 5.82 Å². The van der Waals surface area contributed by atoms with Crippen LogP contribution in [0.25, 0.3) is 11.0 Å². The van der Waals surface area contributed by atoms with Crippen LogP contribution in [0.15, 0.2) is 30.3 Å². The van der Waals surface area contributed by atoms with E-state index in [2.05, 4.69) is 15.3 Å². The van der Waals surface area contributed by atoms with E-state index < -0.39 is 12.8 Å². The molecule has 0 saturated heterocycles. The van der Waals surface area contributed by atoms with Crippen molar-refractivity contribution in [3.63, 3.8) is 0 Å². The van der Waals surface area contributed by atoms with Crippen LogP contribution in [0.5, 0.6) is 5.06 Å². The first-order valence-electron chi connectivity index (χ1n) is 9.26. The molecule has 2 aromatic heterocycles. The van der Waals surface area contributed by atoms with Crippen LogP contribution in [0.2, 0.25) is 0 Å². The number of H-pyrrole nitrogens is 1. The van der Waals surface area contributed by atoms with Gasteiger partial charge in [0.25, 0.3) is 0 Å². The average molecular weight is 423 g/mol. The molecular formula is C20H20F3N3O2S. The smallest absolute Gasteiger partial charge is 0.422 e. The molecule has 3 aromatic rings. The molecule has 5 nitrogen and oxygen atoms in total. The van der Waals surface area contributed by atoms with Crippen molar-refractivity contribution < 1.29 is 22.7 Å². The first-order chi connectivity index (χ1) is 13.7. The fourth-order valence-corrected chi connectivity index (χ4v) is 4.34. The molecule has 0 bridgehead atoms. The van der Waals surface area contributed by atoms with Crippen molar-refractivity contribution in [1.82, 2.24) is 15.3 Å². The van der Waals surface area contributed by atoms with Gasteiger partial charge >= 0.3 is 6.18 Å². The van der Waals surface area contributed by atoms with Crippen molar-refractivity contribution in [1.29, 1.82) is 0 Å². The van der Waals surface area contributed by atoms with Crippen LogP contribution in [-0.2, 0) is 4.79 Å². The second kappa shape index (κ2) is 7.37. The average Bonchev–Trinajstić information content (AvgIpc) is 3.20. The van der Waals surface area contributed by atoms with Gasteiger partial charge in [0, 0.05) is 22.3 Å². The number of carbonyl (C=O) groups excluding carboxylic acids is 1. The molecule has 4 rings (SSSR count). The number of fused-ring (bicyclic) bond motifs is 1. The van der Waals surface area contributed by atoms with Gasteiger partial charge in [-0.2, -0.15) is 13.2 Å². The molecule has 1 aliphatic rings. The number of imidazole rings is 1. The lowest BCUT2D eigenvalue weighted by atomic mass is 10.2. The molecule has 0 spiro atoms. The van der Waals surface area contributed by atoms with E-state index in [1.165, 1.54) is 0 Å². The lowest BCUT2D eigenvalue weighted by molar-refractivity contribution is -0.153. The van der Waals surface area contributed by atoms with Crippen LogP contribution in [0.4, 0.5) is 13.2 Å². The maximum absolute atomic E-state index is 12.6. The number of rotatable bonds is 6. The maximum Gasteiger partial charge on any atom is 0.422 e. The number of aromatic amines is 1. The van der Waals surface area contributed by atoms with Crippen LogP contribution in [-0.4, -0.2) is 28.7 Å². The highest BCUT2D eigenvalue weighted by atomic mass is 32.1. The van der Waals surface area contributed by atoms with E-state index in [4.69, 9.17) is 4.74 Å². The van der Waals surface area contributed by atoms with Gasteiger partial charge in [-0.1, -0.05) is 12.1 Å². The van der Waals surface area contributed by atoms with Gasteiger partial charge in [0.15, 0.2) is 11.7 Å². The van der Waals surface area contributed by atoms with E-state index in [1.807, 2.05) is 31.2 Å². The molecule has 0 aliphatic heterocycles. The summed E-state index contributed by atoms with van der Waals surface area (Å²) in [5, 5.41) is 3.18. The number of hydrogen-bond acceptors (Lipinski definition) is 4. The van der Waals surface area contributed by atoms with Gasteiger partial charge in [-0.25, -0.2) is 4.98 Å². The molecule has 3 atom stereocenters. The van der Waals surface area contributed by atoms with Crippen molar-refractivity contribution >= 4 is 28.3 Å². The summed E-state index contributed by atoms with van der Waals surface area (Å²) in [6, 6.07) is 9.16. The van der Waals surface area contributed by atoms with E-state index in [0.29, 0.717) is 5.56 Å². The number of para-hydroxylation sites is 2. The van der Waals surface area contributed by atoms with Crippen molar-refractivity contribution in [2.24, 2.45) is 5.92 Å². The summed E-state index contributed by atoms with van der Waals surface area (Å²) in [6.07, 6.45) is -3.66. The summed E-state index contributed by atoms with van der Waals surface area (Å²) >= 11 is 1.13. The fourth-order valence-electron chi connectivity index (χ4n) is 3.32. The summed E-state index contributed by atoms with van der Waals surface area (Å²) in [6.45, 7) is 2.18. The van der Waals surface area contributed by atoms with E-state index in [9.17, 15) is 18.0 Å². The number of alkyl halides is 3. The number of aryl methyl sites for hydroxylation is 1. The van der Waals surface area contributed by atoms with Crippen LogP contribution in [0.1, 0.15) is 41.6 Å². The molecule has 9 heteroatoms. The minimum absolute atomic E-state index is 0.0605. The normalized spacial score (nSPS) is 19.9. The zero-order chi connectivity index (χ0) is 20.8. The minimum atomic E-state index is -4.38. The Balaban J connectivity index is 1.36. The molecule has 154 valence electrons. The predicted molar refractivity (Wildman–Crippen MR) is 104 cm³/mol. The highest BCUT2D eigenvalue weighted by Gasteiger charge is 2.46. The van der Waals surface area contributed by atoms with E-state index in [-0.39, 0.29) is 28.8 Å². The largest absolute Gasteiger partial charge is 0.474 e. The monoisotopic (exact) mass is 423 g/mol. The Morgan fingerprint density at radius 2 is 2.17 bits per heavy atom. The highest BCUT2D eigenvalue weighted by Crippen LogP contribution is 2.47. The first kappa shape index (κ1) is 19.8. The molecule has 2 heterocycles. The summed E-state index contributed by atoms with van der Waals surface area (Å²) in [5.74, 6) is 0.644. The van der Waals surface area contributed by atoms with E-state index in [0.717, 1.165) is 39.5 Å². The van der Waals surface area contributed by atoms with Gasteiger partial charge in [0.05, 0.1) is 17.1 Å². The standard InChI is InChI=1S/C20H20F3N3O2S/c1-10-7-16(29-19(10)28-9-20(21,22)23)11(2)24-18(27)13-8-12(13)17-25-14-5-3-4-6-15(14)26-17/h3-7,11-13H,8-9H2,1-2H3,(H,24,27)(H,25,26)/t11?,12-,13-/m0/s1. The quantitative estimate of drug-likeness (QED) is 0.595. The third-order valence-corrected chi connectivity index (χ3v) is 6.26. The minimum Gasteiger partial charge on any atom is -0.474 e. The number of thiophene rings is 1. The SMILES string of the molecule is Cc1cc(C(C)NC(=O)[C@H]2C[C@@H]2c2nc3ccccc3[nH]2)sc1OCC(F)(F)F. The number of carbonyl (C=O) groups is 1. The summed E-state index contributed by atoms with van der Waals surface area (Å²) in [5.41, 5.74) is 2.45. The number of nitrogens with one attached hydrogen (secondary N) is 2. The van der Waals surface area contributed by atoms with Crippen LogP contribution >= 0.6 is 11.3 Å². The summed E-state index contributed by atoms with van der Waals surface area (Å²) < 4.78 is 42.0. The molecule has 1 amide bonds. The lowest BCUT2D eigenvalue weighted by Gasteiger charge is -2.12. The third kappa shape index (κ3) is 4.39.